The molecule has 0 bridgehead atoms. The highest BCUT2D eigenvalue weighted by atomic mass is 15.3. The van der Waals surface area contributed by atoms with Crippen molar-refractivity contribution in [3.8, 4) is 0 Å². The zero-order valence-electron chi connectivity index (χ0n) is 13.3. The number of piperazine rings is 1. The third-order valence-electron chi connectivity index (χ3n) is 4.04. The van der Waals surface area contributed by atoms with E-state index in [0.717, 1.165) is 44.2 Å². The molecule has 2 heterocycles. The molecule has 1 saturated heterocycles. The van der Waals surface area contributed by atoms with Gasteiger partial charge in [-0.2, -0.15) is 0 Å². The zero-order chi connectivity index (χ0) is 14.5. The molecule has 112 valence electrons. The first kappa shape index (κ1) is 15.3. The number of aryl methyl sites for hydroxylation is 1. The summed E-state index contributed by atoms with van der Waals surface area (Å²) in [6.45, 7) is 11.8. The van der Waals surface area contributed by atoms with E-state index in [-0.39, 0.29) is 0 Å². The van der Waals surface area contributed by atoms with Crippen LogP contribution < -0.4 is 10.2 Å². The van der Waals surface area contributed by atoms with Gasteiger partial charge in [0, 0.05) is 37.9 Å². The highest BCUT2D eigenvalue weighted by molar-refractivity contribution is 5.43. The summed E-state index contributed by atoms with van der Waals surface area (Å²) in [6, 6.07) is 5.02. The number of hydrogen-bond acceptors (Lipinski definition) is 4. The van der Waals surface area contributed by atoms with Crippen molar-refractivity contribution >= 4 is 5.82 Å². The maximum Gasteiger partial charge on any atom is 0.129 e. The van der Waals surface area contributed by atoms with Crippen LogP contribution in [0.1, 0.15) is 31.5 Å². The number of likely N-dealkylation sites (N-methyl/N-ethyl adjacent to an activating group) is 1. The first-order valence-corrected chi connectivity index (χ1v) is 7.73. The molecule has 1 aromatic heterocycles. The summed E-state index contributed by atoms with van der Waals surface area (Å²) >= 11 is 0. The Morgan fingerprint density at radius 3 is 2.85 bits per heavy atom. The van der Waals surface area contributed by atoms with Gasteiger partial charge in [-0.05, 0) is 51.6 Å². The van der Waals surface area contributed by atoms with E-state index >= 15 is 0 Å². The Balaban J connectivity index is 2.07. The minimum atomic E-state index is 0.590. The molecule has 0 aromatic carbocycles. The van der Waals surface area contributed by atoms with Crippen LogP contribution >= 0.6 is 0 Å². The Bertz CT molecular complexity index is 432. The molecule has 2 rings (SSSR count). The Hall–Kier alpha value is -1.13. The molecule has 1 fully saturated rings. The predicted molar refractivity (Wildman–Crippen MR) is 85.3 cm³/mol. The predicted octanol–water partition coefficient (Wildman–Crippen LogP) is 2.03. The van der Waals surface area contributed by atoms with Gasteiger partial charge in [-0.1, -0.05) is 6.92 Å². The van der Waals surface area contributed by atoms with Crippen molar-refractivity contribution in [1.29, 1.82) is 0 Å². The minimum Gasteiger partial charge on any atom is -0.354 e. The van der Waals surface area contributed by atoms with Gasteiger partial charge < -0.3 is 15.1 Å². The van der Waals surface area contributed by atoms with E-state index in [0.29, 0.717) is 6.04 Å². The van der Waals surface area contributed by atoms with Crippen LogP contribution in [0.25, 0.3) is 0 Å². The number of nitrogens with one attached hydrogen (secondary N) is 1. The molecule has 0 radical (unpaired) electrons. The fraction of sp³-hybridized carbons (Fsp3) is 0.688. The van der Waals surface area contributed by atoms with Gasteiger partial charge in [0.25, 0.3) is 0 Å². The second-order valence-electron chi connectivity index (χ2n) is 5.93. The van der Waals surface area contributed by atoms with E-state index in [1.54, 1.807) is 0 Å². The molecule has 1 N–H and O–H groups in total. The molecule has 0 amide bonds. The molecule has 4 nitrogen and oxygen atoms in total. The molecule has 1 aliphatic heterocycles. The highest BCUT2D eigenvalue weighted by Gasteiger charge is 2.21. The number of aromatic nitrogens is 1. The third kappa shape index (κ3) is 3.93. The summed E-state index contributed by atoms with van der Waals surface area (Å²) in [5, 5.41) is 3.47. The molecule has 1 unspecified atom stereocenters. The lowest BCUT2D eigenvalue weighted by Crippen LogP contribution is -2.50. The second-order valence-corrected chi connectivity index (χ2v) is 5.93. The summed E-state index contributed by atoms with van der Waals surface area (Å²) < 4.78 is 0. The smallest absolute Gasteiger partial charge is 0.129 e. The molecule has 1 atom stereocenters. The van der Waals surface area contributed by atoms with Crippen molar-refractivity contribution in [3.05, 3.63) is 23.4 Å². The van der Waals surface area contributed by atoms with Crippen LogP contribution in [0.15, 0.2) is 12.1 Å². The number of hydrogen-bond donors (Lipinski definition) is 1. The maximum absolute atomic E-state index is 4.72. The van der Waals surface area contributed by atoms with E-state index in [4.69, 9.17) is 4.98 Å². The van der Waals surface area contributed by atoms with Crippen LogP contribution in [0.4, 0.5) is 5.82 Å². The normalized spacial score (nSPS) is 20.4. The summed E-state index contributed by atoms with van der Waals surface area (Å²) in [5.41, 5.74) is 2.45. The van der Waals surface area contributed by atoms with Crippen molar-refractivity contribution in [3.63, 3.8) is 0 Å². The van der Waals surface area contributed by atoms with Crippen molar-refractivity contribution in [2.75, 3.05) is 38.1 Å². The Kier molecular flexibility index (Phi) is 5.38. The van der Waals surface area contributed by atoms with E-state index in [9.17, 15) is 0 Å². The molecular formula is C16H28N4. The molecule has 1 aliphatic rings. The van der Waals surface area contributed by atoms with E-state index in [1.165, 1.54) is 12.0 Å². The number of nitrogens with zero attached hydrogens (tertiary/aromatic N) is 3. The average molecular weight is 276 g/mol. The molecular weight excluding hydrogens is 248 g/mol. The number of anilines is 1. The van der Waals surface area contributed by atoms with Crippen LogP contribution in [-0.4, -0.2) is 49.2 Å². The van der Waals surface area contributed by atoms with Crippen LogP contribution in [0.3, 0.4) is 0 Å². The lowest BCUT2D eigenvalue weighted by Gasteiger charge is -2.38. The zero-order valence-corrected chi connectivity index (χ0v) is 13.3. The fourth-order valence-corrected chi connectivity index (χ4v) is 2.65. The molecule has 4 heteroatoms. The molecule has 1 aromatic rings. The summed E-state index contributed by atoms with van der Waals surface area (Å²) in [4.78, 5) is 9.56. The van der Waals surface area contributed by atoms with Crippen molar-refractivity contribution in [1.82, 2.24) is 15.2 Å². The average Bonchev–Trinajstić information content (AvgIpc) is 2.41. The van der Waals surface area contributed by atoms with Crippen LogP contribution in [0.2, 0.25) is 0 Å². The standard InChI is InChI=1S/C16H28N4/c1-5-6-17-11-15-9-13(2)18-16(10-15)20-8-7-19(4)14(3)12-20/h9-10,14,17H,5-8,11-12H2,1-4H3. The lowest BCUT2D eigenvalue weighted by molar-refractivity contribution is 0.233. The largest absolute Gasteiger partial charge is 0.354 e. The monoisotopic (exact) mass is 276 g/mol. The topological polar surface area (TPSA) is 31.4 Å². The van der Waals surface area contributed by atoms with Gasteiger partial charge in [-0.3, -0.25) is 0 Å². The van der Waals surface area contributed by atoms with Crippen molar-refractivity contribution < 1.29 is 0 Å². The van der Waals surface area contributed by atoms with Crippen molar-refractivity contribution in [2.24, 2.45) is 0 Å². The van der Waals surface area contributed by atoms with Gasteiger partial charge in [-0.25, -0.2) is 4.98 Å². The van der Waals surface area contributed by atoms with Gasteiger partial charge in [0.15, 0.2) is 0 Å². The van der Waals surface area contributed by atoms with Gasteiger partial charge >= 0.3 is 0 Å². The number of rotatable bonds is 5. The van der Waals surface area contributed by atoms with E-state index < -0.39 is 0 Å². The van der Waals surface area contributed by atoms with Crippen molar-refractivity contribution in [2.45, 2.75) is 39.8 Å². The van der Waals surface area contributed by atoms with E-state index in [1.807, 2.05) is 0 Å². The van der Waals surface area contributed by atoms with Gasteiger partial charge in [0.05, 0.1) is 0 Å². The quantitative estimate of drug-likeness (QED) is 0.834. The summed E-state index contributed by atoms with van der Waals surface area (Å²) in [6.07, 6.45) is 1.17. The minimum absolute atomic E-state index is 0.590. The second kappa shape index (κ2) is 7.04. The fourth-order valence-electron chi connectivity index (χ4n) is 2.65. The Morgan fingerprint density at radius 1 is 1.35 bits per heavy atom. The van der Waals surface area contributed by atoms with E-state index in [2.05, 4.69) is 55.1 Å². The third-order valence-corrected chi connectivity index (χ3v) is 4.04. The van der Waals surface area contributed by atoms with Crippen LogP contribution in [0.5, 0.6) is 0 Å². The molecule has 0 aliphatic carbocycles. The highest BCUT2D eigenvalue weighted by Crippen LogP contribution is 2.18. The summed E-state index contributed by atoms with van der Waals surface area (Å²) in [5.74, 6) is 1.14. The SMILES string of the molecule is CCCNCc1cc(C)nc(N2CCN(C)C(C)C2)c1. The van der Waals surface area contributed by atoms with Crippen LogP contribution in [-0.2, 0) is 6.54 Å². The van der Waals surface area contributed by atoms with Gasteiger partial charge in [-0.15, -0.1) is 0 Å². The first-order chi connectivity index (χ1) is 9.60. The molecule has 0 saturated carbocycles. The summed E-state index contributed by atoms with van der Waals surface area (Å²) in [7, 11) is 2.20. The Labute approximate surface area is 123 Å². The Morgan fingerprint density at radius 2 is 2.15 bits per heavy atom. The van der Waals surface area contributed by atoms with Crippen LogP contribution in [0, 0.1) is 6.92 Å². The maximum atomic E-state index is 4.72. The lowest BCUT2D eigenvalue weighted by atomic mass is 10.1. The number of pyridine rings is 1. The first-order valence-electron chi connectivity index (χ1n) is 7.73. The van der Waals surface area contributed by atoms with Gasteiger partial charge in [0.1, 0.15) is 5.82 Å². The molecule has 0 spiro atoms. The molecule has 20 heavy (non-hydrogen) atoms. The van der Waals surface area contributed by atoms with Gasteiger partial charge in [0.2, 0.25) is 0 Å².